The monoisotopic (exact) mass is 466 g/mol. The van der Waals surface area contributed by atoms with E-state index < -0.39 is 17.5 Å². The molecule has 1 aromatic heterocycles. The number of thiazole rings is 1. The molecule has 1 aliphatic rings. The van der Waals surface area contributed by atoms with Gasteiger partial charge in [0.2, 0.25) is 0 Å². The fourth-order valence-corrected chi connectivity index (χ4v) is 4.54. The molecule has 0 spiro atoms. The second-order valence-corrected chi connectivity index (χ2v) is 9.04. The smallest absolute Gasteiger partial charge is 0.257 e. The van der Waals surface area contributed by atoms with Gasteiger partial charge in [-0.25, -0.2) is 9.37 Å². The molecule has 0 radical (unpaired) electrons. The number of phenolic OH excluding ortho intramolecular Hbond substituents is 1. The van der Waals surface area contributed by atoms with Crippen molar-refractivity contribution in [2.24, 2.45) is 4.99 Å². The Balaban J connectivity index is 1.48. The number of nitrogens with zero attached hydrogens (tertiary/aromatic N) is 3. The highest BCUT2D eigenvalue weighted by Crippen LogP contribution is 2.32. The lowest BCUT2D eigenvalue weighted by Crippen LogP contribution is -2.17. The van der Waals surface area contributed by atoms with Gasteiger partial charge in [-0.15, -0.1) is 0 Å². The van der Waals surface area contributed by atoms with Crippen molar-refractivity contribution in [1.82, 2.24) is 4.98 Å². The van der Waals surface area contributed by atoms with Crippen LogP contribution in [0.5, 0.6) is 5.75 Å². The zero-order chi connectivity index (χ0) is 23.2. The van der Waals surface area contributed by atoms with Gasteiger partial charge in [-0.2, -0.15) is 0 Å². The van der Waals surface area contributed by atoms with Crippen molar-refractivity contribution in [3.8, 4) is 16.2 Å². The minimum atomic E-state index is -0.863. The summed E-state index contributed by atoms with van der Waals surface area (Å²) in [6.45, 7) is 4.77. The Morgan fingerprint density at radius 3 is 2.91 bits per heavy atom. The summed E-state index contributed by atoms with van der Waals surface area (Å²) in [5.41, 5.74) is 2.50. The summed E-state index contributed by atoms with van der Waals surface area (Å²) in [7, 11) is 0. The molecule has 6 nitrogen and oxygen atoms in total. The summed E-state index contributed by atoms with van der Waals surface area (Å²) in [5, 5.41) is 13.1. The van der Waals surface area contributed by atoms with Crippen LogP contribution < -0.4 is 10.2 Å². The number of hydrogen-bond acceptors (Lipinski definition) is 6. The molecule has 0 aliphatic carbocycles. The molecule has 2 aromatic carbocycles. The predicted octanol–water partition coefficient (Wildman–Crippen LogP) is 5.73. The number of carbonyl (C=O) groups excluding carboxylic acids is 1. The topological polar surface area (TPSA) is 77.8 Å². The molecule has 1 aliphatic heterocycles. The van der Waals surface area contributed by atoms with E-state index >= 15 is 0 Å². The molecule has 3 aromatic rings. The van der Waals surface area contributed by atoms with Gasteiger partial charge in [0.25, 0.3) is 5.91 Å². The van der Waals surface area contributed by atoms with Crippen LogP contribution >= 0.6 is 11.3 Å². The Bertz CT molecular complexity index is 1160. The summed E-state index contributed by atoms with van der Waals surface area (Å²) in [5.74, 6) is -1.87. The van der Waals surface area contributed by atoms with E-state index in [1.807, 2.05) is 19.1 Å². The highest BCUT2D eigenvalue weighted by atomic mass is 32.1. The number of aromatic nitrogens is 1. The summed E-state index contributed by atoms with van der Waals surface area (Å²) in [6, 6.07) is 10.8. The van der Waals surface area contributed by atoms with Gasteiger partial charge in [-0.05, 0) is 49.1 Å². The number of benzene rings is 2. The van der Waals surface area contributed by atoms with Crippen molar-refractivity contribution < 1.29 is 14.3 Å². The molecular weight excluding hydrogens is 439 g/mol. The molecule has 1 saturated heterocycles. The molecular formula is C25H27FN4O2S. The number of anilines is 2. The Labute approximate surface area is 196 Å². The van der Waals surface area contributed by atoms with Crippen molar-refractivity contribution in [3.63, 3.8) is 0 Å². The Hall–Kier alpha value is -3.26. The first kappa shape index (κ1) is 22.9. The first-order valence-electron chi connectivity index (χ1n) is 11.2. The summed E-state index contributed by atoms with van der Waals surface area (Å²) >= 11 is 1.36. The van der Waals surface area contributed by atoms with Crippen LogP contribution in [0.4, 0.5) is 15.2 Å². The lowest BCUT2D eigenvalue weighted by atomic mass is 10.1. The van der Waals surface area contributed by atoms with E-state index in [0.717, 1.165) is 42.4 Å². The van der Waals surface area contributed by atoms with E-state index in [9.17, 15) is 14.3 Å². The average molecular weight is 467 g/mol. The molecule has 2 N–H and O–H groups in total. The summed E-state index contributed by atoms with van der Waals surface area (Å²) in [6.07, 6.45) is 7.44. The highest BCUT2D eigenvalue weighted by Gasteiger charge is 2.16. The van der Waals surface area contributed by atoms with Crippen molar-refractivity contribution in [3.05, 3.63) is 59.5 Å². The molecule has 2 heterocycles. The molecule has 8 heteroatoms. The zero-order valence-corrected chi connectivity index (χ0v) is 19.4. The quantitative estimate of drug-likeness (QED) is 0.328. The second kappa shape index (κ2) is 10.6. The number of unbranched alkanes of at least 4 members (excludes halogenated alkanes) is 1. The van der Waals surface area contributed by atoms with E-state index in [0.29, 0.717) is 11.7 Å². The van der Waals surface area contributed by atoms with Crippen LogP contribution in [0.3, 0.4) is 0 Å². The van der Waals surface area contributed by atoms with E-state index in [1.165, 1.54) is 42.1 Å². The first-order chi connectivity index (χ1) is 16.0. The molecule has 4 rings (SSSR count). The first-order valence-corrected chi connectivity index (χ1v) is 12.0. The van der Waals surface area contributed by atoms with Crippen LogP contribution in [-0.4, -0.2) is 41.8 Å². The highest BCUT2D eigenvalue weighted by molar-refractivity contribution is 7.19. The SMILES string of the molecule is CCCC/N=C/c1cc(C(=O)Nc2ncc(-c3cccc(N4CCCC4)c3)s2)cc(F)c1O. The minimum Gasteiger partial charge on any atom is -0.504 e. The molecule has 33 heavy (non-hydrogen) atoms. The van der Waals surface area contributed by atoms with Gasteiger partial charge in [0, 0.05) is 48.9 Å². The summed E-state index contributed by atoms with van der Waals surface area (Å²) < 4.78 is 14.2. The molecule has 0 saturated carbocycles. The maximum Gasteiger partial charge on any atom is 0.257 e. The maximum absolute atomic E-state index is 14.2. The Morgan fingerprint density at radius 2 is 2.12 bits per heavy atom. The number of aliphatic imine (C=N–C) groups is 1. The van der Waals surface area contributed by atoms with Crippen molar-refractivity contribution in [2.45, 2.75) is 32.6 Å². The number of rotatable bonds is 8. The third-order valence-electron chi connectivity index (χ3n) is 5.55. The maximum atomic E-state index is 14.2. The number of amides is 1. The van der Waals surface area contributed by atoms with Crippen LogP contribution in [0.2, 0.25) is 0 Å². The largest absolute Gasteiger partial charge is 0.504 e. The number of carbonyl (C=O) groups is 1. The molecule has 0 atom stereocenters. The van der Waals surface area contributed by atoms with Crippen LogP contribution in [0.1, 0.15) is 48.5 Å². The Kier molecular flexibility index (Phi) is 7.34. The standard InChI is InChI=1S/C25H27FN4O2S/c1-2-3-9-27-15-19-12-18(14-21(26)23(19)31)24(32)29-25-28-16-22(33-25)17-7-6-8-20(13-17)30-10-4-5-11-30/h6-8,12-16,31H,2-5,9-11H2,1H3,(H,28,29,32)/b27-15+. The van der Waals surface area contributed by atoms with Crippen LogP contribution in [0.25, 0.3) is 10.4 Å². The fraction of sp³-hybridized carbons (Fsp3) is 0.320. The number of hydrogen-bond donors (Lipinski definition) is 2. The number of nitrogens with one attached hydrogen (secondary N) is 1. The third-order valence-corrected chi connectivity index (χ3v) is 6.52. The van der Waals surface area contributed by atoms with Crippen molar-refractivity contribution >= 4 is 34.3 Å². The predicted molar refractivity (Wildman–Crippen MR) is 132 cm³/mol. The average Bonchev–Trinajstić information content (AvgIpc) is 3.52. The number of halogens is 1. The fourth-order valence-electron chi connectivity index (χ4n) is 3.73. The van der Waals surface area contributed by atoms with E-state index in [2.05, 4.69) is 32.3 Å². The van der Waals surface area contributed by atoms with Gasteiger partial charge < -0.3 is 10.0 Å². The van der Waals surface area contributed by atoms with Crippen molar-refractivity contribution in [1.29, 1.82) is 0 Å². The van der Waals surface area contributed by atoms with Crippen molar-refractivity contribution in [2.75, 3.05) is 29.9 Å². The third kappa shape index (κ3) is 5.57. The van der Waals surface area contributed by atoms with Gasteiger partial charge in [0.05, 0.1) is 4.88 Å². The second-order valence-electron chi connectivity index (χ2n) is 8.01. The minimum absolute atomic E-state index is 0.0926. The lowest BCUT2D eigenvalue weighted by Gasteiger charge is -2.18. The van der Waals surface area contributed by atoms with Crippen LogP contribution in [0, 0.1) is 5.82 Å². The van der Waals surface area contributed by atoms with Gasteiger partial charge in [-0.1, -0.05) is 36.8 Å². The normalized spacial score (nSPS) is 13.7. The van der Waals surface area contributed by atoms with Gasteiger partial charge in [-0.3, -0.25) is 15.1 Å². The number of phenols is 1. The van der Waals surface area contributed by atoms with Gasteiger partial charge in [0.1, 0.15) is 0 Å². The van der Waals surface area contributed by atoms with Crippen LogP contribution in [-0.2, 0) is 0 Å². The zero-order valence-electron chi connectivity index (χ0n) is 18.6. The molecule has 1 amide bonds. The van der Waals surface area contributed by atoms with E-state index in [4.69, 9.17) is 0 Å². The lowest BCUT2D eigenvalue weighted by molar-refractivity contribution is 0.102. The Morgan fingerprint density at radius 1 is 1.30 bits per heavy atom. The van der Waals surface area contributed by atoms with E-state index in [-0.39, 0.29) is 11.1 Å². The van der Waals surface area contributed by atoms with Gasteiger partial charge >= 0.3 is 0 Å². The number of aromatic hydroxyl groups is 1. The molecule has 172 valence electrons. The molecule has 0 unspecified atom stereocenters. The summed E-state index contributed by atoms with van der Waals surface area (Å²) in [4.78, 5) is 24.6. The molecule has 1 fully saturated rings. The van der Waals surface area contributed by atoms with Gasteiger partial charge in [0.15, 0.2) is 16.7 Å². The van der Waals surface area contributed by atoms with Crippen LogP contribution in [0.15, 0.2) is 47.6 Å². The molecule has 0 bridgehead atoms. The van der Waals surface area contributed by atoms with E-state index in [1.54, 1.807) is 6.20 Å².